The van der Waals surface area contributed by atoms with E-state index in [0.29, 0.717) is 5.69 Å². The van der Waals surface area contributed by atoms with Crippen LogP contribution in [0.15, 0.2) is 12.1 Å². The number of rotatable bonds is 5. The molecule has 0 saturated heterocycles. The fourth-order valence-electron chi connectivity index (χ4n) is 3.19. The number of anilines is 2. The molecule has 1 aliphatic carbocycles. The van der Waals surface area contributed by atoms with Gasteiger partial charge in [-0.25, -0.2) is 4.79 Å². The molecule has 0 heterocycles. The molecular formula is C19H28ClN3O3. The second kappa shape index (κ2) is 7.35. The van der Waals surface area contributed by atoms with Gasteiger partial charge >= 0.3 is 6.03 Å². The Morgan fingerprint density at radius 1 is 1.15 bits per heavy atom. The van der Waals surface area contributed by atoms with Gasteiger partial charge < -0.3 is 21.1 Å². The van der Waals surface area contributed by atoms with Crippen LogP contribution in [0.2, 0.25) is 5.02 Å². The van der Waals surface area contributed by atoms with Crippen LogP contribution in [0, 0.1) is 11.3 Å². The van der Waals surface area contributed by atoms with E-state index in [1.165, 1.54) is 12.1 Å². The van der Waals surface area contributed by atoms with Crippen molar-refractivity contribution in [3.05, 3.63) is 17.2 Å². The van der Waals surface area contributed by atoms with Crippen molar-refractivity contribution >= 4 is 34.9 Å². The first-order chi connectivity index (χ1) is 11.9. The molecular weight excluding hydrogens is 354 g/mol. The number of nitrogens with one attached hydrogen (secondary N) is 3. The maximum atomic E-state index is 12.3. The Kier molecular flexibility index (Phi) is 5.76. The van der Waals surface area contributed by atoms with E-state index in [2.05, 4.69) is 36.7 Å². The fourth-order valence-corrected chi connectivity index (χ4v) is 3.41. The van der Waals surface area contributed by atoms with Crippen LogP contribution in [0.5, 0.6) is 5.75 Å². The molecule has 0 atom stereocenters. The van der Waals surface area contributed by atoms with Crippen LogP contribution >= 0.6 is 11.6 Å². The molecule has 0 bridgehead atoms. The standard InChI is InChI=1S/C19H28ClN3O3/c1-18(2,3)10-19(4,5)23-17(26)21-12-8-13(20)15(24)14(9-12)22-16(25)11-6-7-11/h8-9,11,24H,6-7,10H2,1-5H3,(H,22,25)(H2,21,23,26). The smallest absolute Gasteiger partial charge is 0.319 e. The van der Waals surface area contributed by atoms with Crippen molar-refractivity contribution in [2.45, 2.75) is 59.4 Å². The van der Waals surface area contributed by atoms with Crippen LogP contribution in [0.1, 0.15) is 53.9 Å². The van der Waals surface area contributed by atoms with Crippen LogP contribution in [-0.2, 0) is 4.79 Å². The summed E-state index contributed by atoms with van der Waals surface area (Å²) in [5.41, 5.74) is 0.256. The quantitative estimate of drug-likeness (QED) is 0.439. The number of benzene rings is 1. The number of phenols is 1. The lowest BCUT2D eigenvalue weighted by Crippen LogP contribution is -2.47. The molecule has 0 unspecified atom stereocenters. The van der Waals surface area contributed by atoms with Gasteiger partial charge in [0.25, 0.3) is 0 Å². The third-order valence-corrected chi connectivity index (χ3v) is 4.24. The van der Waals surface area contributed by atoms with E-state index in [4.69, 9.17) is 11.6 Å². The molecule has 6 nitrogen and oxygen atoms in total. The molecule has 3 amide bonds. The molecule has 1 saturated carbocycles. The van der Waals surface area contributed by atoms with Gasteiger partial charge in [0, 0.05) is 17.1 Å². The summed E-state index contributed by atoms with van der Waals surface area (Å²) in [6.07, 6.45) is 2.50. The second-order valence-electron chi connectivity index (χ2n) is 8.82. The average molecular weight is 382 g/mol. The lowest BCUT2D eigenvalue weighted by Gasteiger charge is -2.33. The summed E-state index contributed by atoms with van der Waals surface area (Å²) < 4.78 is 0. The minimum absolute atomic E-state index is 0.00807. The van der Waals surface area contributed by atoms with E-state index < -0.39 is 5.54 Å². The number of carbonyl (C=O) groups is 2. The predicted molar refractivity (Wildman–Crippen MR) is 105 cm³/mol. The average Bonchev–Trinajstić information content (AvgIpc) is 3.24. The first kappa shape index (κ1) is 20.4. The Morgan fingerprint density at radius 3 is 2.31 bits per heavy atom. The van der Waals surface area contributed by atoms with Gasteiger partial charge in [-0.3, -0.25) is 4.79 Å². The minimum atomic E-state index is -0.397. The number of phenolic OH excluding ortho intramolecular Hbond substituents is 1. The maximum absolute atomic E-state index is 12.3. The number of urea groups is 1. The highest BCUT2D eigenvalue weighted by Crippen LogP contribution is 2.37. The highest BCUT2D eigenvalue weighted by molar-refractivity contribution is 6.33. The third-order valence-electron chi connectivity index (χ3n) is 3.95. The molecule has 0 aromatic heterocycles. The zero-order valence-electron chi connectivity index (χ0n) is 16.0. The predicted octanol–water partition coefficient (Wildman–Crippen LogP) is 4.73. The largest absolute Gasteiger partial charge is 0.504 e. The molecule has 1 aromatic carbocycles. The molecule has 0 aliphatic heterocycles. The first-order valence-corrected chi connectivity index (χ1v) is 9.17. The van der Waals surface area contributed by atoms with Crippen LogP contribution in [-0.4, -0.2) is 22.6 Å². The Balaban J connectivity index is 2.07. The molecule has 26 heavy (non-hydrogen) atoms. The molecule has 4 N–H and O–H groups in total. The van der Waals surface area contributed by atoms with Crippen LogP contribution < -0.4 is 16.0 Å². The maximum Gasteiger partial charge on any atom is 0.319 e. The van der Waals surface area contributed by atoms with Crippen molar-refractivity contribution in [1.82, 2.24) is 5.32 Å². The highest BCUT2D eigenvalue weighted by Gasteiger charge is 2.30. The first-order valence-electron chi connectivity index (χ1n) is 8.79. The van der Waals surface area contributed by atoms with Gasteiger partial charge in [0.2, 0.25) is 5.91 Å². The van der Waals surface area contributed by atoms with Gasteiger partial charge in [-0.05, 0) is 50.7 Å². The van der Waals surface area contributed by atoms with Gasteiger partial charge in [-0.15, -0.1) is 0 Å². The third kappa shape index (κ3) is 6.09. The SMILES string of the molecule is CC(C)(C)CC(C)(C)NC(=O)Nc1cc(Cl)c(O)c(NC(=O)C2CC2)c1. The summed E-state index contributed by atoms with van der Waals surface area (Å²) >= 11 is 6.03. The van der Waals surface area contributed by atoms with E-state index in [-0.39, 0.29) is 39.7 Å². The van der Waals surface area contributed by atoms with Crippen molar-refractivity contribution in [1.29, 1.82) is 0 Å². The minimum Gasteiger partial charge on any atom is -0.504 e. The van der Waals surface area contributed by atoms with Crippen molar-refractivity contribution in [3.63, 3.8) is 0 Å². The highest BCUT2D eigenvalue weighted by atomic mass is 35.5. The molecule has 144 valence electrons. The van der Waals surface area contributed by atoms with Crippen molar-refractivity contribution in [2.24, 2.45) is 11.3 Å². The zero-order chi connectivity index (χ0) is 19.7. The van der Waals surface area contributed by atoms with Crippen molar-refractivity contribution < 1.29 is 14.7 Å². The van der Waals surface area contributed by atoms with E-state index >= 15 is 0 Å². The summed E-state index contributed by atoms with van der Waals surface area (Å²) in [7, 11) is 0. The fraction of sp³-hybridized carbons (Fsp3) is 0.579. The van der Waals surface area contributed by atoms with Gasteiger partial charge in [0.15, 0.2) is 5.75 Å². The van der Waals surface area contributed by atoms with Gasteiger partial charge in [-0.2, -0.15) is 0 Å². The molecule has 1 fully saturated rings. The number of carbonyl (C=O) groups excluding carboxylic acids is 2. The van der Waals surface area contributed by atoms with Crippen LogP contribution in [0.4, 0.5) is 16.2 Å². The molecule has 0 radical (unpaired) electrons. The second-order valence-corrected chi connectivity index (χ2v) is 9.23. The normalized spacial score (nSPS) is 14.7. The number of halogens is 1. The molecule has 1 aromatic rings. The van der Waals surface area contributed by atoms with E-state index in [1.54, 1.807) is 0 Å². The number of aromatic hydroxyl groups is 1. The van der Waals surface area contributed by atoms with Gasteiger partial charge in [-0.1, -0.05) is 32.4 Å². The van der Waals surface area contributed by atoms with Crippen molar-refractivity contribution in [3.8, 4) is 5.75 Å². The Labute approximate surface area is 159 Å². The zero-order valence-corrected chi connectivity index (χ0v) is 16.8. The van der Waals surface area contributed by atoms with E-state index in [1.807, 2.05) is 13.8 Å². The Morgan fingerprint density at radius 2 is 1.77 bits per heavy atom. The summed E-state index contributed by atoms with van der Waals surface area (Å²) in [6, 6.07) is 2.57. The Hall–Kier alpha value is -1.95. The summed E-state index contributed by atoms with van der Waals surface area (Å²) in [5.74, 6) is -0.366. The topological polar surface area (TPSA) is 90.5 Å². The Bertz CT molecular complexity index is 707. The summed E-state index contributed by atoms with van der Waals surface area (Å²) in [4.78, 5) is 24.3. The molecule has 0 spiro atoms. The summed E-state index contributed by atoms with van der Waals surface area (Å²) in [6.45, 7) is 10.3. The number of hydrogen-bond acceptors (Lipinski definition) is 3. The lowest BCUT2D eigenvalue weighted by molar-refractivity contribution is -0.117. The van der Waals surface area contributed by atoms with E-state index in [0.717, 1.165) is 19.3 Å². The van der Waals surface area contributed by atoms with Crippen molar-refractivity contribution in [2.75, 3.05) is 10.6 Å². The molecule has 1 aliphatic rings. The van der Waals surface area contributed by atoms with E-state index in [9.17, 15) is 14.7 Å². The number of amides is 3. The summed E-state index contributed by atoms with van der Waals surface area (Å²) in [5, 5.41) is 18.4. The molecule has 2 rings (SSSR count). The van der Waals surface area contributed by atoms with Gasteiger partial charge in [0.05, 0.1) is 10.7 Å². The van der Waals surface area contributed by atoms with Crippen LogP contribution in [0.25, 0.3) is 0 Å². The van der Waals surface area contributed by atoms with Gasteiger partial charge in [0.1, 0.15) is 0 Å². The molecule has 7 heteroatoms. The number of hydrogen-bond donors (Lipinski definition) is 4. The van der Waals surface area contributed by atoms with Crippen LogP contribution in [0.3, 0.4) is 0 Å². The monoisotopic (exact) mass is 381 g/mol. The lowest BCUT2D eigenvalue weighted by atomic mass is 9.82.